The van der Waals surface area contributed by atoms with Crippen LogP contribution in [0, 0.1) is 0 Å². The zero-order chi connectivity index (χ0) is 13.2. The van der Waals surface area contributed by atoms with E-state index in [0.29, 0.717) is 26.3 Å². The van der Waals surface area contributed by atoms with Crippen LogP contribution in [0.2, 0.25) is 0 Å². The van der Waals surface area contributed by atoms with Crippen molar-refractivity contribution in [3.8, 4) is 0 Å². The van der Waals surface area contributed by atoms with Crippen LogP contribution >= 0.6 is 0 Å². The van der Waals surface area contributed by atoms with E-state index in [1.807, 2.05) is 18.2 Å². The molecule has 0 unspecified atom stereocenters. The van der Waals surface area contributed by atoms with Crippen molar-refractivity contribution in [2.75, 3.05) is 38.3 Å². The van der Waals surface area contributed by atoms with Gasteiger partial charge in [-0.15, -0.1) is 0 Å². The second-order valence-corrected chi connectivity index (χ2v) is 4.55. The molecule has 6 nitrogen and oxygen atoms in total. The lowest BCUT2D eigenvalue weighted by atomic mass is 10.2. The predicted octanol–water partition coefficient (Wildman–Crippen LogP) is 1.45. The first-order valence-electron chi connectivity index (χ1n) is 6.29. The standard InChI is InChI=1S/C13H16N4O2/c1-16(13(18)17-4-6-19-7-5-17)10-2-3-11-12(8-10)15-9-14-11/h2-3,8-9H,4-7H2,1H3,(H,14,15). The third-order valence-corrected chi connectivity index (χ3v) is 3.36. The number of hydrogen-bond donors (Lipinski definition) is 1. The highest BCUT2D eigenvalue weighted by atomic mass is 16.5. The van der Waals surface area contributed by atoms with Crippen molar-refractivity contribution in [1.29, 1.82) is 0 Å². The van der Waals surface area contributed by atoms with Crippen molar-refractivity contribution in [3.05, 3.63) is 24.5 Å². The first-order valence-corrected chi connectivity index (χ1v) is 6.29. The van der Waals surface area contributed by atoms with Gasteiger partial charge in [0.05, 0.1) is 30.6 Å². The fraction of sp³-hybridized carbons (Fsp3) is 0.385. The zero-order valence-electron chi connectivity index (χ0n) is 10.8. The lowest BCUT2D eigenvalue weighted by Crippen LogP contribution is -2.47. The number of hydrogen-bond acceptors (Lipinski definition) is 3. The molecule has 0 atom stereocenters. The molecule has 0 aliphatic carbocycles. The monoisotopic (exact) mass is 260 g/mol. The summed E-state index contributed by atoms with van der Waals surface area (Å²) in [5, 5.41) is 0. The number of anilines is 1. The van der Waals surface area contributed by atoms with E-state index in [1.165, 1.54) is 0 Å². The molecule has 0 spiro atoms. The van der Waals surface area contributed by atoms with Gasteiger partial charge in [0.15, 0.2) is 0 Å². The number of fused-ring (bicyclic) bond motifs is 1. The second kappa shape index (κ2) is 4.89. The normalized spacial score (nSPS) is 15.7. The van der Waals surface area contributed by atoms with Crippen molar-refractivity contribution in [3.63, 3.8) is 0 Å². The first-order chi connectivity index (χ1) is 9.25. The predicted molar refractivity (Wildman–Crippen MR) is 72.3 cm³/mol. The Labute approximate surface area is 111 Å². The van der Waals surface area contributed by atoms with Gasteiger partial charge in [0.2, 0.25) is 0 Å². The Morgan fingerprint density at radius 1 is 1.42 bits per heavy atom. The number of aromatic nitrogens is 2. The molecule has 1 aromatic heterocycles. The molecule has 100 valence electrons. The Bertz CT molecular complexity index is 589. The minimum atomic E-state index is 0.00200. The SMILES string of the molecule is CN(C(=O)N1CCOCC1)c1ccc2nc[nH]c2c1. The van der Waals surface area contributed by atoms with Crippen molar-refractivity contribution >= 4 is 22.8 Å². The average Bonchev–Trinajstić information content (AvgIpc) is 2.94. The molecule has 19 heavy (non-hydrogen) atoms. The van der Waals surface area contributed by atoms with Crippen LogP contribution < -0.4 is 4.90 Å². The number of imidazole rings is 1. The Kier molecular flexibility index (Phi) is 3.08. The summed E-state index contributed by atoms with van der Waals surface area (Å²) in [5.41, 5.74) is 2.68. The maximum absolute atomic E-state index is 12.3. The van der Waals surface area contributed by atoms with Crippen LogP contribution in [0.15, 0.2) is 24.5 Å². The molecule has 1 saturated heterocycles. The zero-order valence-corrected chi connectivity index (χ0v) is 10.8. The van der Waals surface area contributed by atoms with E-state index in [4.69, 9.17) is 4.74 Å². The van der Waals surface area contributed by atoms with Gasteiger partial charge in [-0.2, -0.15) is 0 Å². The quantitative estimate of drug-likeness (QED) is 0.844. The summed E-state index contributed by atoms with van der Waals surface area (Å²) in [7, 11) is 1.79. The Hall–Kier alpha value is -2.08. The number of ether oxygens (including phenoxy) is 1. The minimum absolute atomic E-state index is 0.00200. The Morgan fingerprint density at radius 2 is 2.21 bits per heavy atom. The number of rotatable bonds is 1. The third-order valence-electron chi connectivity index (χ3n) is 3.36. The van der Waals surface area contributed by atoms with E-state index in [-0.39, 0.29) is 6.03 Å². The van der Waals surface area contributed by atoms with Crippen LogP contribution in [-0.4, -0.2) is 54.2 Å². The minimum Gasteiger partial charge on any atom is -0.378 e. The molecule has 0 saturated carbocycles. The van der Waals surface area contributed by atoms with Gasteiger partial charge in [-0.3, -0.25) is 4.90 Å². The smallest absolute Gasteiger partial charge is 0.324 e. The number of carbonyl (C=O) groups is 1. The fourth-order valence-corrected chi connectivity index (χ4v) is 2.21. The van der Waals surface area contributed by atoms with Crippen LogP contribution in [0.3, 0.4) is 0 Å². The van der Waals surface area contributed by atoms with Gasteiger partial charge < -0.3 is 14.6 Å². The number of aromatic amines is 1. The van der Waals surface area contributed by atoms with Gasteiger partial charge in [-0.25, -0.2) is 9.78 Å². The van der Waals surface area contributed by atoms with Crippen molar-refractivity contribution in [1.82, 2.24) is 14.9 Å². The summed E-state index contributed by atoms with van der Waals surface area (Å²) in [6.45, 7) is 2.52. The molecule has 1 N–H and O–H groups in total. The lowest BCUT2D eigenvalue weighted by Gasteiger charge is -2.31. The fourth-order valence-electron chi connectivity index (χ4n) is 2.21. The van der Waals surface area contributed by atoms with Crippen LogP contribution in [0.5, 0.6) is 0 Å². The number of benzene rings is 1. The molecule has 2 heterocycles. The summed E-state index contributed by atoms with van der Waals surface area (Å²) >= 11 is 0. The number of nitrogens with one attached hydrogen (secondary N) is 1. The van der Waals surface area contributed by atoms with Gasteiger partial charge in [0, 0.05) is 25.8 Å². The number of carbonyl (C=O) groups excluding carboxylic acids is 1. The van der Waals surface area contributed by atoms with Crippen LogP contribution in [0.4, 0.5) is 10.5 Å². The maximum Gasteiger partial charge on any atom is 0.324 e. The van der Waals surface area contributed by atoms with E-state index < -0.39 is 0 Å². The molecule has 2 amide bonds. The van der Waals surface area contributed by atoms with E-state index in [0.717, 1.165) is 16.7 Å². The van der Waals surface area contributed by atoms with Crippen molar-refractivity contribution < 1.29 is 9.53 Å². The highest BCUT2D eigenvalue weighted by molar-refractivity contribution is 5.93. The molecular weight excluding hydrogens is 244 g/mol. The van der Waals surface area contributed by atoms with Crippen LogP contribution in [-0.2, 0) is 4.74 Å². The molecule has 1 aliphatic heterocycles. The Balaban J connectivity index is 1.81. The van der Waals surface area contributed by atoms with Gasteiger partial charge in [0.1, 0.15) is 0 Å². The molecule has 1 aromatic carbocycles. The van der Waals surface area contributed by atoms with Gasteiger partial charge in [-0.1, -0.05) is 0 Å². The molecule has 2 aromatic rings. The number of nitrogens with zero attached hydrogens (tertiary/aromatic N) is 3. The Morgan fingerprint density at radius 3 is 3.00 bits per heavy atom. The van der Waals surface area contributed by atoms with Crippen LogP contribution in [0.1, 0.15) is 0 Å². The molecule has 0 radical (unpaired) electrons. The number of urea groups is 1. The highest BCUT2D eigenvalue weighted by Crippen LogP contribution is 2.20. The number of amides is 2. The van der Waals surface area contributed by atoms with E-state index in [9.17, 15) is 4.79 Å². The maximum atomic E-state index is 12.3. The first kappa shape index (κ1) is 12.0. The molecule has 1 fully saturated rings. The molecular formula is C13H16N4O2. The molecule has 0 bridgehead atoms. The largest absolute Gasteiger partial charge is 0.378 e. The van der Waals surface area contributed by atoms with Gasteiger partial charge >= 0.3 is 6.03 Å². The van der Waals surface area contributed by atoms with Gasteiger partial charge in [-0.05, 0) is 18.2 Å². The van der Waals surface area contributed by atoms with Gasteiger partial charge in [0.25, 0.3) is 0 Å². The summed E-state index contributed by atoms with van der Waals surface area (Å²) in [5.74, 6) is 0. The summed E-state index contributed by atoms with van der Waals surface area (Å²) in [6, 6.07) is 5.74. The summed E-state index contributed by atoms with van der Waals surface area (Å²) in [6.07, 6.45) is 1.65. The van der Waals surface area contributed by atoms with E-state index >= 15 is 0 Å². The third kappa shape index (κ3) is 2.26. The molecule has 1 aliphatic rings. The lowest BCUT2D eigenvalue weighted by molar-refractivity contribution is 0.0551. The number of morpholine rings is 1. The average molecular weight is 260 g/mol. The van der Waals surface area contributed by atoms with E-state index in [1.54, 1.807) is 23.2 Å². The topological polar surface area (TPSA) is 61.5 Å². The highest BCUT2D eigenvalue weighted by Gasteiger charge is 2.21. The second-order valence-electron chi connectivity index (χ2n) is 4.55. The molecule has 3 rings (SSSR count). The van der Waals surface area contributed by atoms with Crippen LogP contribution in [0.25, 0.3) is 11.0 Å². The summed E-state index contributed by atoms with van der Waals surface area (Å²) < 4.78 is 5.26. The van der Waals surface area contributed by atoms with E-state index in [2.05, 4.69) is 9.97 Å². The van der Waals surface area contributed by atoms with Crippen molar-refractivity contribution in [2.45, 2.75) is 0 Å². The van der Waals surface area contributed by atoms with Crippen molar-refractivity contribution in [2.24, 2.45) is 0 Å². The number of H-pyrrole nitrogens is 1. The molecule has 6 heteroatoms. The summed E-state index contributed by atoms with van der Waals surface area (Å²) in [4.78, 5) is 23.0.